The Balaban J connectivity index is 1.65. The quantitative estimate of drug-likeness (QED) is 0.757. The minimum atomic E-state index is -0.481. The van der Waals surface area contributed by atoms with Crippen molar-refractivity contribution in [2.45, 2.75) is 13.0 Å². The smallest absolute Gasteiger partial charge is 0.224 e. The fourth-order valence-electron chi connectivity index (χ4n) is 2.38. The predicted octanol–water partition coefficient (Wildman–Crippen LogP) is 3.80. The van der Waals surface area contributed by atoms with Gasteiger partial charge in [-0.15, -0.1) is 0 Å². The molecule has 126 valence electrons. The number of amides is 1. The number of aromatic nitrogens is 2. The Bertz CT molecular complexity index is 867. The minimum absolute atomic E-state index is 0.105. The summed E-state index contributed by atoms with van der Waals surface area (Å²) >= 11 is 5.95. The van der Waals surface area contributed by atoms with E-state index < -0.39 is 5.82 Å². The average molecular weight is 356 g/mol. The summed E-state index contributed by atoms with van der Waals surface area (Å²) in [5.74, 6) is -0.780. The highest BCUT2D eigenvalue weighted by Gasteiger charge is 2.11. The Labute approximate surface area is 149 Å². The number of hydrogen-bond donors (Lipinski definition) is 1. The molecule has 0 radical (unpaired) electrons. The maximum Gasteiger partial charge on any atom is 0.224 e. The Kier molecular flexibility index (Phi) is 5.36. The van der Waals surface area contributed by atoms with Crippen LogP contribution in [0.2, 0.25) is 5.02 Å². The maximum atomic E-state index is 13.7. The minimum Gasteiger partial charge on any atom is -0.352 e. The number of halogens is 2. The van der Waals surface area contributed by atoms with Crippen molar-refractivity contribution in [3.63, 3.8) is 0 Å². The van der Waals surface area contributed by atoms with Crippen molar-refractivity contribution in [2.75, 3.05) is 0 Å². The lowest BCUT2D eigenvalue weighted by Gasteiger charge is -2.08. The number of benzene rings is 1. The normalized spacial score (nSPS) is 10.5. The topological polar surface area (TPSA) is 54.9 Å². The Morgan fingerprint density at radius 2 is 2.04 bits per heavy atom. The van der Waals surface area contributed by atoms with E-state index in [0.29, 0.717) is 6.54 Å². The lowest BCUT2D eigenvalue weighted by atomic mass is 10.1. The Morgan fingerprint density at radius 3 is 2.80 bits per heavy atom. The van der Waals surface area contributed by atoms with Crippen molar-refractivity contribution in [1.29, 1.82) is 0 Å². The van der Waals surface area contributed by atoms with Gasteiger partial charge < -0.3 is 5.32 Å². The van der Waals surface area contributed by atoms with Crippen LogP contribution in [0.3, 0.4) is 0 Å². The Morgan fingerprint density at radius 1 is 1.16 bits per heavy atom. The van der Waals surface area contributed by atoms with Gasteiger partial charge in [0.1, 0.15) is 5.82 Å². The van der Waals surface area contributed by atoms with E-state index in [-0.39, 0.29) is 22.9 Å². The van der Waals surface area contributed by atoms with Crippen molar-refractivity contribution in [3.8, 4) is 11.3 Å². The number of carbonyl (C=O) groups excluding carboxylic acids is 1. The van der Waals surface area contributed by atoms with Crippen LogP contribution >= 0.6 is 11.6 Å². The molecule has 0 fully saturated rings. The fourth-order valence-corrected chi connectivity index (χ4v) is 2.61. The zero-order chi connectivity index (χ0) is 17.6. The fraction of sp³-hybridized carbons (Fsp3) is 0.105. The number of nitrogens with one attached hydrogen (secondary N) is 1. The molecule has 0 aliphatic carbocycles. The van der Waals surface area contributed by atoms with Crippen LogP contribution in [0.15, 0.2) is 61.1 Å². The van der Waals surface area contributed by atoms with E-state index in [4.69, 9.17) is 11.6 Å². The van der Waals surface area contributed by atoms with Crippen LogP contribution in [0, 0.1) is 5.82 Å². The van der Waals surface area contributed by atoms with Gasteiger partial charge in [0, 0.05) is 41.3 Å². The number of pyridine rings is 2. The van der Waals surface area contributed by atoms with Gasteiger partial charge in [0.15, 0.2) is 0 Å². The summed E-state index contributed by atoms with van der Waals surface area (Å²) in [6, 6.07) is 11.8. The zero-order valence-corrected chi connectivity index (χ0v) is 14.0. The van der Waals surface area contributed by atoms with Crippen molar-refractivity contribution in [1.82, 2.24) is 15.3 Å². The Hall–Kier alpha value is -2.79. The highest BCUT2D eigenvalue weighted by Crippen LogP contribution is 2.19. The lowest BCUT2D eigenvalue weighted by molar-refractivity contribution is -0.120. The van der Waals surface area contributed by atoms with Gasteiger partial charge >= 0.3 is 0 Å². The molecule has 0 bridgehead atoms. The molecule has 2 aromatic heterocycles. The van der Waals surface area contributed by atoms with E-state index in [1.165, 1.54) is 12.1 Å². The molecular formula is C19H15ClFN3O. The molecule has 0 saturated heterocycles. The summed E-state index contributed by atoms with van der Waals surface area (Å²) in [6.07, 6.45) is 5.00. The second kappa shape index (κ2) is 7.85. The lowest BCUT2D eigenvalue weighted by Crippen LogP contribution is -2.25. The van der Waals surface area contributed by atoms with E-state index in [0.717, 1.165) is 16.8 Å². The monoisotopic (exact) mass is 355 g/mol. The van der Waals surface area contributed by atoms with Crippen molar-refractivity contribution >= 4 is 17.5 Å². The van der Waals surface area contributed by atoms with Gasteiger partial charge in [0.25, 0.3) is 0 Å². The molecule has 1 aromatic carbocycles. The molecule has 0 spiro atoms. The van der Waals surface area contributed by atoms with Gasteiger partial charge in [0.2, 0.25) is 5.91 Å². The van der Waals surface area contributed by atoms with Crippen LogP contribution in [0.25, 0.3) is 11.3 Å². The summed E-state index contributed by atoms with van der Waals surface area (Å²) in [5.41, 5.74) is 2.76. The first-order valence-electron chi connectivity index (χ1n) is 7.68. The molecule has 0 saturated carbocycles. The van der Waals surface area contributed by atoms with Gasteiger partial charge in [-0.2, -0.15) is 0 Å². The van der Waals surface area contributed by atoms with Gasteiger partial charge in [0.05, 0.1) is 12.1 Å². The van der Waals surface area contributed by atoms with Gasteiger partial charge in [-0.25, -0.2) is 4.39 Å². The molecule has 3 rings (SSSR count). The third-order valence-corrected chi connectivity index (χ3v) is 4.02. The first-order valence-corrected chi connectivity index (χ1v) is 8.06. The van der Waals surface area contributed by atoms with Crippen LogP contribution in [0.1, 0.15) is 11.1 Å². The number of nitrogens with zero attached hydrogens (tertiary/aromatic N) is 2. The molecule has 0 atom stereocenters. The summed E-state index contributed by atoms with van der Waals surface area (Å²) in [4.78, 5) is 20.5. The molecule has 4 nitrogen and oxygen atoms in total. The highest BCUT2D eigenvalue weighted by molar-refractivity contribution is 6.31. The molecule has 25 heavy (non-hydrogen) atoms. The van der Waals surface area contributed by atoms with Crippen molar-refractivity contribution in [3.05, 3.63) is 83.0 Å². The summed E-state index contributed by atoms with van der Waals surface area (Å²) in [5, 5.41) is 3.02. The first kappa shape index (κ1) is 17.0. The van der Waals surface area contributed by atoms with Gasteiger partial charge in [-0.3, -0.25) is 14.8 Å². The zero-order valence-electron chi connectivity index (χ0n) is 13.2. The van der Waals surface area contributed by atoms with Crippen molar-refractivity contribution in [2.24, 2.45) is 0 Å². The molecule has 2 heterocycles. The highest BCUT2D eigenvalue weighted by atomic mass is 35.5. The number of hydrogen-bond acceptors (Lipinski definition) is 3. The second-order valence-corrected chi connectivity index (χ2v) is 5.85. The molecule has 3 aromatic rings. The SMILES string of the molecule is O=C(Cc1c(F)cccc1Cl)NCc1ccnc(-c2cccnc2)c1. The molecule has 1 amide bonds. The van der Waals surface area contributed by atoms with E-state index in [1.807, 2.05) is 24.3 Å². The van der Waals surface area contributed by atoms with E-state index in [2.05, 4.69) is 15.3 Å². The molecular weight excluding hydrogens is 341 g/mol. The molecule has 0 aliphatic rings. The van der Waals surface area contributed by atoms with Crippen LogP contribution in [0.5, 0.6) is 0 Å². The molecule has 6 heteroatoms. The van der Waals surface area contributed by atoms with E-state index in [9.17, 15) is 9.18 Å². The summed E-state index contributed by atoms with van der Waals surface area (Å²) in [7, 11) is 0. The molecule has 0 aliphatic heterocycles. The van der Waals surface area contributed by atoms with E-state index in [1.54, 1.807) is 24.7 Å². The maximum absolute atomic E-state index is 13.7. The van der Waals surface area contributed by atoms with Crippen LogP contribution in [-0.2, 0) is 17.8 Å². The third-order valence-electron chi connectivity index (χ3n) is 3.67. The predicted molar refractivity (Wildman–Crippen MR) is 94.4 cm³/mol. The standard InChI is InChI=1S/C19H15ClFN3O/c20-16-4-1-5-17(21)15(16)10-19(25)24-11-13-6-8-23-18(9-13)14-3-2-7-22-12-14/h1-9,12H,10-11H2,(H,24,25). The van der Waals surface area contributed by atoms with E-state index >= 15 is 0 Å². The van der Waals surface area contributed by atoms with Crippen LogP contribution in [-0.4, -0.2) is 15.9 Å². The first-order chi connectivity index (χ1) is 12.1. The molecule has 0 unspecified atom stereocenters. The second-order valence-electron chi connectivity index (χ2n) is 5.44. The largest absolute Gasteiger partial charge is 0.352 e. The number of carbonyl (C=O) groups is 1. The van der Waals surface area contributed by atoms with Crippen LogP contribution in [0.4, 0.5) is 4.39 Å². The third kappa shape index (κ3) is 4.39. The summed E-state index contributed by atoms with van der Waals surface area (Å²) < 4.78 is 13.7. The average Bonchev–Trinajstić information content (AvgIpc) is 2.64. The molecule has 1 N–H and O–H groups in total. The van der Waals surface area contributed by atoms with Crippen molar-refractivity contribution < 1.29 is 9.18 Å². The number of rotatable bonds is 5. The van der Waals surface area contributed by atoms with Crippen LogP contribution < -0.4 is 5.32 Å². The van der Waals surface area contributed by atoms with Gasteiger partial charge in [-0.05, 0) is 42.0 Å². The van der Waals surface area contributed by atoms with Gasteiger partial charge in [-0.1, -0.05) is 17.7 Å². The summed E-state index contributed by atoms with van der Waals surface area (Å²) in [6.45, 7) is 0.320.